The molecule has 3 amide bonds. The number of likely N-dealkylation sites (tertiary alicyclic amines) is 1. The second-order valence-corrected chi connectivity index (χ2v) is 12.2. The number of benzene rings is 1. The molecular formula is C30H46BN5O7. The summed E-state index contributed by atoms with van der Waals surface area (Å²) in [6, 6.07) is 11.4. The summed E-state index contributed by atoms with van der Waals surface area (Å²) < 4.78 is 10.5. The molecule has 236 valence electrons. The lowest BCUT2D eigenvalue weighted by Gasteiger charge is -2.45. The molecule has 4 unspecified atom stereocenters. The van der Waals surface area contributed by atoms with Crippen LogP contribution in [0.4, 0.5) is 9.59 Å². The molecule has 2 saturated heterocycles. The van der Waals surface area contributed by atoms with Gasteiger partial charge in [-0.05, 0) is 57.4 Å². The van der Waals surface area contributed by atoms with Crippen molar-refractivity contribution in [3.05, 3.63) is 35.9 Å². The molecule has 0 saturated carbocycles. The lowest BCUT2D eigenvalue weighted by molar-refractivity contribution is -0.136. The minimum absolute atomic E-state index is 0.168. The summed E-state index contributed by atoms with van der Waals surface area (Å²) in [5.41, 5.74) is 0.531. The third-order valence-corrected chi connectivity index (χ3v) is 8.54. The van der Waals surface area contributed by atoms with Crippen LogP contribution in [0.1, 0.15) is 52.0 Å². The summed E-state index contributed by atoms with van der Waals surface area (Å²) in [5, 5.41) is 32.2. The molecule has 3 rings (SSSR count). The van der Waals surface area contributed by atoms with E-state index in [1.165, 1.54) is 7.11 Å². The minimum atomic E-state index is -1.78. The summed E-state index contributed by atoms with van der Waals surface area (Å²) in [7, 11) is -0.406. The van der Waals surface area contributed by atoms with Crippen LogP contribution < -0.4 is 5.32 Å². The number of nitrogens with zero attached hydrogens (tertiary/aromatic N) is 4. The Morgan fingerprint density at radius 2 is 1.77 bits per heavy atom. The Kier molecular flexibility index (Phi) is 12.7. The summed E-state index contributed by atoms with van der Waals surface area (Å²) in [4.78, 5) is 43.8. The SMILES string of the molecule is COC(=O)N1CCN(C(C)(C)CC(C)C(C#N)C(=O)N2CCCCC(OC(=O)NC(Cc3ccccc3)B(O)O)C2)CC1. The molecule has 2 fully saturated rings. The summed E-state index contributed by atoms with van der Waals surface area (Å²) in [6.07, 6.45) is 1.14. The van der Waals surface area contributed by atoms with Crippen molar-refractivity contribution in [2.45, 2.75) is 70.5 Å². The second kappa shape index (κ2) is 15.9. The Bertz CT molecular complexity index is 1110. The van der Waals surface area contributed by atoms with Crippen LogP contribution in [0, 0.1) is 23.2 Å². The standard InChI is InChI=1S/C30H46BN5O7/c1-22(19-30(2,3)36-16-14-34(15-17-36)29(39)42-4)25(20-32)27(37)35-13-9-8-12-24(21-35)43-28(38)33-26(31(40)41)18-23-10-6-5-7-11-23/h5-7,10-11,22,24-26,40-41H,8-9,12-19,21H2,1-4H3,(H,33,38). The van der Waals surface area contributed by atoms with E-state index in [-0.39, 0.29) is 36.4 Å². The molecule has 0 radical (unpaired) electrons. The molecule has 43 heavy (non-hydrogen) atoms. The molecule has 2 aliphatic heterocycles. The molecule has 0 spiro atoms. The number of alkyl carbamates (subject to hydrolysis) is 1. The number of carbonyl (C=O) groups excluding carboxylic acids is 3. The van der Waals surface area contributed by atoms with Gasteiger partial charge in [-0.2, -0.15) is 5.26 Å². The Balaban J connectivity index is 1.57. The molecular weight excluding hydrogens is 553 g/mol. The van der Waals surface area contributed by atoms with E-state index in [9.17, 15) is 29.7 Å². The quantitative estimate of drug-likeness (QED) is 0.343. The van der Waals surface area contributed by atoms with Crippen LogP contribution in [-0.4, -0.2) is 114 Å². The van der Waals surface area contributed by atoms with Crippen LogP contribution in [-0.2, 0) is 20.7 Å². The number of carbonyl (C=O) groups is 3. The first-order valence-corrected chi connectivity index (χ1v) is 15.1. The topological polar surface area (TPSA) is 156 Å². The van der Waals surface area contributed by atoms with Crippen molar-refractivity contribution in [1.82, 2.24) is 20.0 Å². The third-order valence-electron chi connectivity index (χ3n) is 8.54. The monoisotopic (exact) mass is 599 g/mol. The smallest absolute Gasteiger partial charge is 0.453 e. The van der Waals surface area contributed by atoms with Crippen LogP contribution in [0.25, 0.3) is 0 Å². The van der Waals surface area contributed by atoms with Crippen molar-refractivity contribution in [1.29, 1.82) is 5.26 Å². The van der Waals surface area contributed by atoms with Crippen LogP contribution >= 0.6 is 0 Å². The minimum Gasteiger partial charge on any atom is -0.453 e. The molecule has 0 aromatic heterocycles. The highest BCUT2D eigenvalue weighted by Crippen LogP contribution is 2.30. The maximum atomic E-state index is 13.6. The predicted octanol–water partition coefficient (Wildman–Crippen LogP) is 2.05. The van der Waals surface area contributed by atoms with E-state index in [1.807, 2.05) is 37.3 Å². The fourth-order valence-corrected chi connectivity index (χ4v) is 6.12. The number of piperazine rings is 1. The Morgan fingerprint density at radius 1 is 1.09 bits per heavy atom. The van der Waals surface area contributed by atoms with Crippen molar-refractivity contribution in [3.63, 3.8) is 0 Å². The lowest BCUT2D eigenvalue weighted by Crippen LogP contribution is -2.56. The first-order valence-electron chi connectivity index (χ1n) is 15.1. The highest BCUT2D eigenvalue weighted by atomic mass is 16.6. The van der Waals surface area contributed by atoms with Crippen LogP contribution in [0.2, 0.25) is 0 Å². The average Bonchev–Trinajstić information content (AvgIpc) is 3.22. The number of nitriles is 1. The highest BCUT2D eigenvalue weighted by molar-refractivity contribution is 6.43. The largest absolute Gasteiger partial charge is 0.475 e. The first kappa shape index (κ1) is 34.2. The molecule has 0 aliphatic carbocycles. The van der Waals surface area contributed by atoms with Crippen molar-refractivity contribution in [2.75, 3.05) is 46.4 Å². The molecule has 3 N–H and O–H groups in total. The van der Waals surface area contributed by atoms with Crippen molar-refractivity contribution >= 4 is 25.2 Å². The van der Waals surface area contributed by atoms with E-state index in [2.05, 4.69) is 30.1 Å². The van der Waals surface area contributed by atoms with E-state index in [0.717, 1.165) is 18.4 Å². The van der Waals surface area contributed by atoms with Crippen molar-refractivity contribution < 1.29 is 33.9 Å². The van der Waals surface area contributed by atoms with Crippen molar-refractivity contribution in [2.24, 2.45) is 11.8 Å². The van der Waals surface area contributed by atoms with Gasteiger partial charge in [0.1, 0.15) is 12.0 Å². The zero-order valence-electron chi connectivity index (χ0n) is 25.8. The summed E-state index contributed by atoms with van der Waals surface area (Å²) in [5.74, 6) is -2.33. The third kappa shape index (κ3) is 9.84. The number of rotatable bonds is 10. The van der Waals surface area contributed by atoms with Gasteiger partial charge in [0.2, 0.25) is 5.91 Å². The molecule has 2 aliphatic rings. The Morgan fingerprint density at radius 3 is 2.37 bits per heavy atom. The van der Waals surface area contributed by atoms with Crippen LogP contribution in [0.15, 0.2) is 30.3 Å². The molecule has 13 heteroatoms. The van der Waals surface area contributed by atoms with E-state index in [0.29, 0.717) is 45.6 Å². The van der Waals surface area contributed by atoms with Gasteiger partial charge < -0.3 is 34.6 Å². The number of methoxy groups -OCH3 is 1. The fraction of sp³-hybridized carbons (Fsp3) is 0.667. The number of hydrogen-bond donors (Lipinski definition) is 3. The van der Waals surface area contributed by atoms with E-state index < -0.39 is 31.2 Å². The molecule has 1 aromatic rings. The van der Waals surface area contributed by atoms with Gasteiger partial charge in [0, 0.05) is 38.3 Å². The Hall–Kier alpha value is -3.34. The normalized spacial score (nSPS) is 20.2. The fourth-order valence-electron chi connectivity index (χ4n) is 6.12. The van der Waals surface area contributed by atoms with Gasteiger partial charge in [0.05, 0.1) is 25.7 Å². The van der Waals surface area contributed by atoms with Gasteiger partial charge in [0.15, 0.2) is 0 Å². The van der Waals surface area contributed by atoms with Crippen LogP contribution in [0.5, 0.6) is 0 Å². The van der Waals surface area contributed by atoms with Gasteiger partial charge in [0.25, 0.3) is 0 Å². The summed E-state index contributed by atoms with van der Waals surface area (Å²) in [6.45, 7) is 9.20. The van der Waals surface area contributed by atoms with Crippen LogP contribution in [0.3, 0.4) is 0 Å². The van der Waals surface area contributed by atoms with E-state index >= 15 is 0 Å². The van der Waals surface area contributed by atoms with E-state index in [4.69, 9.17) is 9.47 Å². The predicted molar refractivity (Wildman–Crippen MR) is 160 cm³/mol. The molecule has 0 bridgehead atoms. The highest BCUT2D eigenvalue weighted by Gasteiger charge is 2.38. The zero-order chi connectivity index (χ0) is 31.6. The maximum Gasteiger partial charge on any atom is 0.475 e. The Labute approximate surface area is 255 Å². The molecule has 4 atom stereocenters. The van der Waals surface area contributed by atoms with Gasteiger partial charge in [-0.3, -0.25) is 9.69 Å². The number of nitrogens with one attached hydrogen (secondary N) is 1. The number of amides is 3. The molecule has 12 nitrogen and oxygen atoms in total. The second-order valence-electron chi connectivity index (χ2n) is 12.2. The van der Waals surface area contributed by atoms with Gasteiger partial charge in [-0.1, -0.05) is 37.3 Å². The summed E-state index contributed by atoms with van der Waals surface area (Å²) >= 11 is 0. The first-order chi connectivity index (χ1) is 20.4. The average molecular weight is 600 g/mol. The number of ether oxygens (including phenoxy) is 2. The maximum absolute atomic E-state index is 13.6. The van der Waals surface area contributed by atoms with E-state index in [1.54, 1.807) is 9.80 Å². The van der Waals surface area contributed by atoms with Gasteiger partial charge in [-0.15, -0.1) is 0 Å². The number of hydrogen-bond acceptors (Lipinski definition) is 9. The van der Waals surface area contributed by atoms with Gasteiger partial charge >= 0.3 is 19.3 Å². The van der Waals surface area contributed by atoms with Crippen molar-refractivity contribution in [3.8, 4) is 6.07 Å². The molecule has 1 aromatic carbocycles. The lowest BCUT2D eigenvalue weighted by atomic mass is 9.76. The zero-order valence-corrected chi connectivity index (χ0v) is 25.8. The van der Waals surface area contributed by atoms with Gasteiger partial charge in [-0.25, -0.2) is 9.59 Å². The molecule has 2 heterocycles.